The third kappa shape index (κ3) is 3.21. The molecule has 2 aromatic rings. The monoisotopic (exact) mass is 341 g/mol. The second-order valence-corrected chi connectivity index (χ2v) is 6.69. The van der Waals surface area contributed by atoms with Crippen LogP contribution in [0.2, 0.25) is 0 Å². The molecule has 0 aliphatic carbocycles. The SMILES string of the molecule is C[C@H](C(=O)N1CCC[C@@H](n2cccn2)C1)c1ccc2c(c1)OCCO2. The van der Waals surface area contributed by atoms with Gasteiger partial charge in [0.05, 0.1) is 12.0 Å². The van der Waals surface area contributed by atoms with E-state index in [1.807, 2.05) is 47.0 Å². The van der Waals surface area contributed by atoms with E-state index in [2.05, 4.69) is 5.10 Å². The van der Waals surface area contributed by atoms with E-state index >= 15 is 0 Å². The Morgan fingerprint density at radius 1 is 1.28 bits per heavy atom. The van der Waals surface area contributed by atoms with Gasteiger partial charge in [0.2, 0.25) is 5.91 Å². The number of benzene rings is 1. The fourth-order valence-corrected chi connectivity index (χ4v) is 3.61. The van der Waals surface area contributed by atoms with Crippen molar-refractivity contribution in [3.05, 3.63) is 42.2 Å². The molecule has 0 bridgehead atoms. The van der Waals surface area contributed by atoms with Crippen LogP contribution in [0.4, 0.5) is 0 Å². The first-order valence-electron chi connectivity index (χ1n) is 8.90. The summed E-state index contributed by atoms with van der Waals surface area (Å²) in [5.41, 5.74) is 0.968. The predicted molar refractivity (Wildman–Crippen MR) is 92.9 cm³/mol. The quantitative estimate of drug-likeness (QED) is 0.861. The molecule has 0 spiro atoms. The summed E-state index contributed by atoms with van der Waals surface area (Å²) >= 11 is 0. The highest BCUT2D eigenvalue weighted by Crippen LogP contribution is 2.34. The fourth-order valence-electron chi connectivity index (χ4n) is 3.61. The number of piperidine rings is 1. The van der Waals surface area contributed by atoms with Gasteiger partial charge in [-0.1, -0.05) is 6.07 Å². The summed E-state index contributed by atoms with van der Waals surface area (Å²) in [6.07, 6.45) is 5.83. The van der Waals surface area contributed by atoms with Crippen molar-refractivity contribution in [2.75, 3.05) is 26.3 Å². The van der Waals surface area contributed by atoms with Crippen LogP contribution in [0, 0.1) is 0 Å². The number of hydrogen-bond acceptors (Lipinski definition) is 4. The van der Waals surface area contributed by atoms with Crippen LogP contribution in [-0.2, 0) is 4.79 Å². The number of carbonyl (C=O) groups is 1. The minimum atomic E-state index is -0.202. The number of carbonyl (C=O) groups excluding carboxylic acids is 1. The number of rotatable bonds is 3. The van der Waals surface area contributed by atoms with Gasteiger partial charge in [-0.3, -0.25) is 9.48 Å². The molecule has 2 aliphatic heterocycles. The average molecular weight is 341 g/mol. The van der Waals surface area contributed by atoms with Gasteiger partial charge in [0, 0.05) is 25.5 Å². The van der Waals surface area contributed by atoms with Gasteiger partial charge in [0.25, 0.3) is 0 Å². The molecular weight excluding hydrogens is 318 g/mol. The molecule has 4 rings (SSSR count). The Labute approximate surface area is 147 Å². The zero-order valence-corrected chi connectivity index (χ0v) is 14.4. The van der Waals surface area contributed by atoms with Crippen molar-refractivity contribution in [2.24, 2.45) is 0 Å². The van der Waals surface area contributed by atoms with Gasteiger partial charge in [-0.25, -0.2) is 0 Å². The number of fused-ring (bicyclic) bond motifs is 1. The summed E-state index contributed by atoms with van der Waals surface area (Å²) in [6.45, 7) is 4.62. The first kappa shape index (κ1) is 16.0. The molecule has 25 heavy (non-hydrogen) atoms. The predicted octanol–water partition coefficient (Wildman–Crippen LogP) is 2.62. The van der Waals surface area contributed by atoms with E-state index in [1.165, 1.54) is 0 Å². The largest absolute Gasteiger partial charge is 0.486 e. The normalized spacial score (nSPS) is 21.0. The highest BCUT2D eigenvalue weighted by molar-refractivity contribution is 5.83. The Kier molecular flexibility index (Phi) is 4.34. The standard InChI is InChI=1S/C19H23N3O3/c1-14(15-5-6-17-18(12-15)25-11-10-24-17)19(23)21-8-2-4-16(13-21)22-9-3-7-20-22/h3,5-7,9,12,14,16H,2,4,8,10-11,13H2,1H3/t14-,16+/m0/s1. The molecular formula is C19H23N3O3. The minimum Gasteiger partial charge on any atom is -0.486 e. The molecule has 2 aliphatic rings. The average Bonchev–Trinajstić information content (AvgIpc) is 3.21. The van der Waals surface area contributed by atoms with E-state index < -0.39 is 0 Å². The van der Waals surface area contributed by atoms with Gasteiger partial charge in [-0.2, -0.15) is 5.10 Å². The summed E-state index contributed by atoms with van der Waals surface area (Å²) in [5.74, 6) is 1.45. The molecule has 3 heterocycles. The maximum atomic E-state index is 13.0. The topological polar surface area (TPSA) is 56.6 Å². The third-order valence-corrected chi connectivity index (χ3v) is 5.04. The van der Waals surface area contributed by atoms with Crippen LogP contribution >= 0.6 is 0 Å². The molecule has 0 N–H and O–H groups in total. The van der Waals surface area contributed by atoms with E-state index in [0.717, 1.165) is 43.0 Å². The van der Waals surface area contributed by atoms with Crippen molar-refractivity contribution in [3.8, 4) is 11.5 Å². The van der Waals surface area contributed by atoms with Crippen LogP contribution < -0.4 is 9.47 Å². The summed E-state index contributed by atoms with van der Waals surface area (Å²) in [4.78, 5) is 15.0. The molecule has 1 saturated heterocycles. The van der Waals surface area contributed by atoms with Gasteiger partial charge in [0.1, 0.15) is 13.2 Å². The van der Waals surface area contributed by atoms with Crippen LogP contribution in [-0.4, -0.2) is 46.9 Å². The lowest BCUT2D eigenvalue weighted by Crippen LogP contribution is -2.42. The lowest BCUT2D eigenvalue weighted by molar-refractivity contribution is -0.134. The van der Waals surface area contributed by atoms with Gasteiger partial charge in [-0.05, 0) is 43.5 Å². The van der Waals surface area contributed by atoms with Crippen molar-refractivity contribution in [1.29, 1.82) is 0 Å². The Morgan fingerprint density at radius 3 is 2.92 bits per heavy atom. The molecule has 1 aromatic heterocycles. The highest BCUT2D eigenvalue weighted by Gasteiger charge is 2.29. The molecule has 6 nitrogen and oxygen atoms in total. The Balaban J connectivity index is 1.48. The van der Waals surface area contributed by atoms with Crippen molar-refractivity contribution in [3.63, 3.8) is 0 Å². The molecule has 0 saturated carbocycles. The summed E-state index contributed by atoms with van der Waals surface area (Å²) in [7, 11) is 0. The van der Waals surface area contributed by atoms with Gasteiger partial charge in [0.15, 0.2) is 11.5 Å². The van der Waals surface area contributed by atoms with Crippen LogP contribution in [0.5, 0.6) is 11.5 Å². The van der Waals surface area contributed by atoms with Crippen LogP contribution in [0.15, 0.2) is 36.7 Å². The second kappa shape index (κ2) is 6.78. The number of amides is 1. The smallest absolute Gasteiger partial charge is 0.229 e. The molecule has 0 radical (unpaired) electrons. The number of ether oxygens (including phenoxy) is 2. The second-order valence-electron chi connectivity index (χ2n) is 6.69. The zero-order chi connectivity index (χ0) is 17.2. The van der Waals surface area contributed by atoms with Gasteiger partial charge < -0.3 is 14.4 Å². The summed E-state index contributed by atoms with van der Waals surface area (Å²) in [6, 6.07) is 7.99. The molecule has 2 atom stereocenters. The van der Waals surface area contributed by atoms with Gasteiger partial charge >= 0.3 is 0 Å². The molecule has 6 heteroatoms. The van der Waals surface area contributed by atoms with Crippen LogP contribution in [0.3, 0.4) is 0 Å². The van der Waals surface area contributed by atoms with Crippen molar-refractivity contribution >= 4 is 5.91 Å². The van der Waals surface area contributed by atoms with E-state index in [9.17, 15) is 4.79 Å². The maximum Gasteiger partial charge on any atom is 0.229 e. The first-order chi connectivity index (χ1) is 12.2. The summed E-state index contributed by atoms with van der Waals surface area (Å²) < 4.78 is 13.2. The van der Waals surface area contributed by atoms with Crippen LogP contribution in [0.25, 0.3) is 0 Å². The molecule has 0 unspecified atom stereocenters. The lowest BCUT2D eigenvalue weighted by Gasteiger charge is -2.34. The molecule has 1 aromatic carbocycles. The Hall–Kier alpha value is -2.50. The summed E-state index contributed by atoms with van der Waals surface area (Å²) in [5, 5.41) is 4.33. The Bertz CT molecular complexity index is 744. The minimum absolute atomic E-state index is 0.161. The number of aromatic nitrogens is 2. The first-order valence-corrected chi connectivity index (χ1v) is 8.90. The molecule has 132 valence electrons. The number of likely N-dealkylation sites (tertiary alicyclic amines) is 1. The van der Waals surface area contributed by atoms with E-state index in [1.54, 1.807) is 6.20 Å². The third-order valence-electron chi connectivity index (χ3n) is 5.04. The maximum absolute atomic E-state index is 13.0. The highest BCUT2D eigenvalue weighted by atomic mass is 16.6. The van der Waals surface area contributed by atoms with Gasteiger partial charge in [-0.15, -0.1) is 0 Å². The van der Waals surface area contributed by atoms with Crippen molar-refractivity contribution in [1.82, 2.24) is 14.7 Å². The lowest BCUT2D eigenvalue weighted by atomic mass is 9.97. The zero-order valence-electron chi connectivity index (χ0n) is 14.4. The van der Waals surface area contributed by atoms with E-state index in [4.69, 9.17) is 9.47 Å². The number of nitrogens with zero attached hydrogens (tertiary/aromatic N) is 3. The molecule has 1 amide bonds. The van der Waals surface area contributed by atoms with E-state index in [-0.39, 0.29) is 17.9 Å². The van der Waals surface area contributed by atoms with Crippen molar-refractivity contribution < 1.29 is 14.3 Å². The van der Waals surface area contributed by atoms with Crippen LogP contribution in [0.1, 0.15) is 37.3 Å². The van der Waals surface area contributed by atoms with Crippen molar-refractivity contribution in [2.45, 2.75) is 31.7 Å². The fraction of sp³-hybridized carbons (Fsp3) is 0.474. The number of hydrogen-bond donors (Lipinski definition) is 0. The molecule has 1 fully saturated rings. The van der Waals surface area contributed by atoms with E-state index in [0.29, 0.717) is 13.2 Å². The Morgan fingerprint density at radius 2 is 2.12 bits per heavy atom.